The van der Waals surface area contributed by atoms with Gasteiger partial charge in [-0.15, -0.1) is 0 Å². The summed E-state index contributed by atoms with van der Waals surface area (Å²) >= 11 is 3.39. The standard InChI is InChI=1S/C16H17BrFNO/c1-10-4-2-7-13(15(10)18)16(20)14(9-19)11-5-3-6-12(17)8-11/h2-8,14,16,20H,9,19H2,1H3. The molecule has 2 unspecified atom stereocenters. The maximum absolute atomic E-state index is 14.1. The summed E-state index contributed by atoms with van der Waals surface area (Å²) in [7, 11) is 0. The van der Waals surface area contributed by atoms with Crippen LogP contribution >= 0.6 is 15.9 Å². The summed E-state index contributed by atoms with van der Waals surface area (Å²) in [5.74, 6) is -0.711. The van der Waals surface area contributed by atoms with Crippen molar-refractivity contribution in [3.8, 4) is 0 Å². The lowest BCUT2D eigenvalue weighted by Crippen LogP contribution is -2.21. The highest BCUT2D eigenvalue weighted by Gasteiger charge is 2.24. The van der Waals surface area contributed by atoms with E-state index >= 15 is 0 Å². The van der Waals surface area contributed by atoms with Gasteiger partial charge in [-0.25, -0.2) is 4.39 Å². The lowest BCUT2D eigenvalue weighted by molar-refractivity contribution is 0.143. The van der Waals surface area contributed by atoms with Crippen LogP contribution in [0.1, 0.15) is 28.7 Å². The molecule has 0 saturated carbocycles. The smallest absolute Gasteiger partial charge is 0.131 e. The Morgan fingerprint density at radius 3 is 2.60 bits per heavy atom. The fraction of sp³-hybridized carbons (Fsp3) is 0.250. The van der Waals surface area contributed by atoms with Crippen LogP contribution in [0.2, 0.25) is 0 Å². The van der Waals surface area contributed by atoms with Gasteiger partial charge in [0.25, 0.3) is 0 Å². The number of rotatable bonds is 4. The fourth-order valence-electron chi connectivity index (χ4n) is 2.30. The van der Waals surface area contributed by atoms with Crippen LogP contribution in [0.3, 0.4) is 0 Å². The van der Waals surface area contributed by atoms with Crippen LogP contribution in [0.4, 0.5) is 4.39 Å². The first kappa shape index (κ1) is 15.2. The van der Waals surface area contributed by atoms with E-state index in [1.54, 1.807) is 25.1 Å². The predicted octanol–water partition coefficient (Wildman–Crippen LogP) is 3.67. The average molecular weight is 338 g/mol. The molecule has 0 radical (unpaired) electrons. The van der Waals surface area contributed by atoms with E-state index in [2.05, 4.69) is 15.9 Å². The number of hydrogen-bond acceptors (Lipinski definition) is 2. The Bertz CT molecular complexity index is 603. The van der Waals surface area contributed by atoms with Gasteiger partial charge in [0.2, 0.25) is 0 Å². The largest absolute Gasteiger partial charge is 0.388 e. The van der Waals surface area contributed by atoms with Gasteiger partial charge in [0, 0.05) is 22.5 Å². The second-order valence-corrected chi connectivity index (χ2v) is 5.74. The normalized spacial score (nSPS) is 14.1. The van der Waals surface area contributed by atoms with Crippen molar-refractivity contribution >= 4 is 15.9 Å². The molecule has 0 aliphatic rings. The molecule has 0 amide bonds. The third-order valence-electron chi connectivity index (χ3n) is 3.45. The Labute approximate surface area is 126 Å². The van der Waals surface area contributed by atoms with Crippen molar-refractivity contribution in [2.75, 3.05) is 6.54 Å². The van der Waals surface area contributed by atoms with Gasteiger partial charge in [-0.3, -0.25) is 0 Å². The molecule has 2 aromatic carbocycles. The Hall–Kier alpha value is -1.23. The number of aliphatic hydroxyl groups is 1. The van der Waals surface area contributed by atoms with Gasteiger partial charge in [-0.2, -0.15) is 0 Å². The highest BCUT2D eigenvalue weighted by atomic mass is 79.9. The molecule has 106 valence electrons. The highest BCUT2D eigenvalue weighted by molar-refractivity contribution is 9.10. The lowest BCUT2D eigenvalue weighted by Gasteiger charge is -2.23. The molecule has 2 aromatic rings. The van der Waals surface area contributed by atoms with E-state index in [4.69, 9.17) is 5.73 Å². The number of nitrogens with two attached hydrogens (primary N) is 1. The molecule has 0 aromatic heterocycles. The number of aryl methyl sites for hydroxylation is 1. The molecule has 2 rings (SSSR count). The molecule has 4 heteroatoms. The second kappa shape index (κ2) is 6.48. The summed E-state index contributed by atoms with van der Waals surface area (Å²) in [6, 6.07) is 12.6. The first-order valence-corrected chi connectivity index (χ1v) is 7.22. The van der Waals surface area contributed by atoms with Crippen LogP contribution < -0.4 is 5.73 Å². The van der Waals surface area contributed by atoms with Gasteiger partial charge in [0.05, 0.1) is 6.10 Å². The maximum atomic E-state index is 14.1. The zero-order chi connectivity index (χ0) is 14.7. The molecule has 3 N–H and O–H groups in total. The second-order valence-electron chi connectivity index (χ2n) is 4.82. The number of hydrogen-bond donors (Lipinski definition) is 2. The Kier molecular flexibility index (Phi) is 4.91. The molecule has 0 bridgehead atoms. The topological polar surface area (TPSA) is 46.2 Å². The van der Waals surface area contributed by atoms with Crippen molar-refractivity contribution in [1.82, 2.24) is 0 Å². The molecule has 2 nitrogen and oxygen atoms in total. The van der Waals surface area contributed by atoms with Crippen LogP contribution in [0, 0.1) is 12.7 Å². The Morgan fingerprint density at radius 1 is 1.25 bits per heavy atom. The molecule has 0 aliphatic heterocycles. The van der Waals surface area contributed by atoms with Crippen molar-refractivity contribution < 1.29 is 9.50 Å². The minimum atomic E-state index is -0.964. The fourth-order valence-corrected chi connectivity index (χ4v) is 2.72. The maximum Gasteiger partial charge on any atom is 0.131 e. The van der Waals surface area contributed by atoms with E-state index in [9.17, 15) is 9.50 Å². The summed E-state index contributed by atoms with van der Waals surface area (Å²) in [4.78, 5) is 0. The summed E-state index contributed by atoms with van der Waals surface area (Å²) in [5, 5.41) is 10.5. The summed E-state index contributed by atoms with van der Waals surface area (Å²) in [5.41, 5.74) is 7.48. The van der Waals surface area contributed by atoms with E-state index in [0.29, 0.717) is 11.1 Å². The number of aliphatic hydroxyl groups excluding tert-OH is 1. The minimum Gasteiger partial charge on any atom is -0.388 e. The summed E-state index contributed by atoms with van der Waals surface area (Å²) < 4.78 is 15.0. The predicted molar refractivity (Wildman–Crippen MR) is 82.0 cm³/mol. The van der Waals surface area contributed by atoms with Crippen molar-refractivity contribution in [3.63, 3.8) is 0 Å². The van der Waals surface area contributed by atoms with Gasteiger partial charge >= 0.3 is 0 Å². The third kappa shape index (κ3) is 3.08. The van der Waals surface area contributed by atoms with Crippen LogP contribution in [0.15, 0.2) is 46.9 Å². The van der Waals surface area contributed by atoms with E-state index in [1.807, 2.05) is 24.3 Å². The van der Waals surface area contributed by atoms with Gasteiger partial charge in [0.1, 0.15) is 5.82 Å². The molecular weight excluding hydrogens is 321 g/mol. The molecule has 2 atom stereocenters. The Morgan fingerprint density at radius 2 is 1.95 bits per heavy atom. The minimum absolute atomic E-state index is 0.241. The third-order valence-corrected chi connectivity index (χ3v) is 3.95. The first-order valence-electron chi connectivity index (χ1n) is 6.43. The van der Waals surface area contributed by atoms with Crippen LogP contribution in [0.25, 0.3) is 0 Å². The van der Waals surface area contributed by atoms with E-state index in [1.165, 1.54) is 0 Å². The molecular formula is C16H17BrFNO. The van der Waals surface area contributed by atoms with Crippen molar-refractivity contribution in [2.45, 2.75) is 18.9 Å². The van der Waals surface area contributed by atoms with Gasteiger partial charge in [0.15, 0.2) is 0 Å². The van der Waals surface area contributed by atoms with Crippen LogP contribution in [0.5, 0.6) is 0 Å². The zero-order valence-corrected chi connectivity index (χ0v) is 12.8. The van der Waals surface area contributed by atoms with Gasteiger partial charge in [-0.1, -0.05) is 46.3 Å². The van der Waals surface area contributed by atoms with Crippen molar-refractivity contribution in [3.05, 3.63) is 69.4 Å². The number of benzene rings is 2. The van der Waals surface area contributed by atoms with E-state index < -0.39 is 6.10 Å². The average Bonchev–Trinajstić information content (AvgIpc) is 2.42. The monoisotopic (exact) mass is 337 g/mol. The summed E-state index contributed by atoms with van der Waals surface area (Å²) in [6.45, 7) is 1.92. The van der Waals surface area contributed by atoms with Crippen LogP contribution in [-0.4, -0.2) is 11.7 Å². The summed E-state index contributed by atoms with van der Waals surface area (Å²) in [6.07, 6.45) is -0.964. The molecule has 0 spiro atoms. The van der Waals surface area contributed by atoms with Crippen molar-refractivity contribution in [2.24, 2.45) is 5.73 Å². The molecule has 20 heavy (non-hydrogen) atoms. The highest BCUT2D eigenvalue weighted by Crippen LogP contribution is 2.33. The number of halogens is 2. The van der Waals surface area contributed by atoms with E-state index in [0.717, 1.165) is 10.0 Å². The van der Waals surface area contributed by atoms with Gasteiger partial charge in [-0.05, 0) is 30.2 Å². The molecule has 0 aliphatic carbocycles. The van der Waals surface area contributed by atoms with E-state index in [-0.39, 0.29) is 18.3 Å². The van der Waals surface area contributed by atoms with Crippen LogP contribution in [-0.2, 0) is 0 Å². The van der Waals surface area contributed by atoms with Crippen molar-refractivity contribution in [1.29, 1.82) is 0 Å². The quantitative estimate of drug-likeness (QED) is 0.893. The Balaban J connectivity index is 2.39. The van der Waals surface area contributed by atoms with Gasteiger partial charge < -0.3 is 10.8 Å². The molecule has 0 heterocycles. The SMILES string of the molecule is Cc1cccc(C(O)C(CN)c2cccc(Br)c2)c1F. The zero-order valence-electron chi connectivity index (χ0n) is 11.2. The molecule has 0 saturated heterocycles. The molecule has 0 fully saturated rings. The lowest BCUT2D eigenvalue weighted by atomic mass is 9.88. The first-order chi connectivity index (χ1) is 9.54.